The normalized spacial score (nSPS) is 12.6. The van der Waals surface area contributed by atoms with Crippen LogP contribution >= 0.6 is 0 Å². The van der Waals surface area contributed by atoms with E-state index in [4.69, 9.17) is 40.9 Å². The molecule has 0 aliphatic carbocycles. The summed E-state index contributed by atoms with van der Waals surface area (Å²) in [6.45, 7) is 9.29. The number of hydrogen-bond acceptors (Lipinski definition) is 11. The van der Waals surface area contributed by atoms with Gasteiger partial charge in [0.15, 0.2) is 0 Å². The monoisotopic (exact) mass is 633 g/mol. The van der Waals surface area contributed by atoms with Crippen molar-refractivity contribution in [3.63, 3.8) is 0 Å². The Morgan fingerprint density at radius 1 is 0.614 bits per heavy atom. The van der Waals surface area contributed by atoms with Crippen LogP contribution in [0.15, 0.2) is 0 Å². The zero-order chi connectivity index (χ0) is 32.5. The van der Waals surface area contributed by atoms with Gasteiger partial charge in [0.2, 0.25) is 11.8 Å². The lowest BCUT2D eigenvalue weighted by Crippen LogP contribution is -2.37. The predicted octanol–water partition coefficient (Wildman–Crippen LogP) is 1.04. The smallest absolute Gasteiger partial charge is 0.223 e. The fourth-order valence-electron chi connectivity index (χ4n) is 4.12. The number of nitrogens with one attached hydrogen (secondary N) is 2. The Balaban J connectivity index is 3.72. The SMILES string of the molecule is CCCOCCOCCC(=O)NCCCOCCOCCOCCCNC(=O)[C@H](CCCCN)CC(=O)[C@@H](N)CCCCN. The molecule has 0 bridgehead atoms. The molecule has 0 rings (SSSR count). The van der Waals surface area contributed by atoms with Crippen LogP contribution in [0.3, 0.4) is 0 Å². The molecule has 0 heterocycles. The summed E-state index contributed by atoms with van der Waals surface area (Å²) in [5.74, 6) is -0.621. The van der Waals surface area contributed by atoms with Crippen molar-refractivity contribution in [1.82, 2.24) is 10.6 Å². The highest BCUT2D eigenvalue weighted by atomic mass is 16.5. The number of Topliss-reactive ketones (excluding diaryl/α,β-unsaturated/α-hetero) is 1. The number of rotatable bonds is 34. The zero-order valence-corrected chi connectivity index (χ0v) is 27.3. The first-order chi connectivity index (χ1) is 21.5. The molecule has 2 atom stereocenters. The number of nitrogens with two attached hydrogens (primary N) is 3. The summed E-state index contributed by atoms with van der Waals surface area (Å²) >= 11 is 0. The topological polar surface area (TPSA) is 199 Å². The zero-order valence-electron chi connectivity index (χ0n) is 27.3. The van der Waals surface area contributed by atoms with Crippen molar-refractivity contribution < 1.29 is 38.1 Å². The Labute approximate surface area is 265 Å². The molecule has 13 heteroatoms. The maximum Gasteiger partial charge on any atom is 0.223 e. The average molecular weight is 634 g/mol. The molecule has 0 aliphatic rings. The number of ether oxygens (including phenoxy) is 5. The second-order valence-electron chi connectivity index (χ2n) is 10.7. The molecule has 0 aromatic carbocycles. The van der Waals surface area contributed by atoms with Gasteiger partial charge in [0.1, 0.15) is 5.78 Å². The van der Waals surface area contributed by atoms with Gasteiger partial charge in [-0.2, -0.15) is 0 Å². The summed E-state index contributed by atoms with van der Waals surface area (Å²) in [4.78, 5) is 37.0. The highest BCUT2D eigenvalue weighted by Crippen LogP contribution is 2.16. The van der Waals surface area contributed by atoms with E-state index in [0.717, 1.165) is 45.1 Å². The third-order valence-corrected chi connectivity index (χ3v) is 6.70. The first kappa shape index (κ1) is 42.3. The molecule has 0 aromatic rings. The van der Waals surface area contributed by atoms with Gasteiger partial charge < -0.3 is 51.5 Å². The molecule has 0 saturated carbocycles. The molecule has 0 radical (unpaired) electrons. The molecule has 0 aliphatic heterocycles. The van der Waals surface area contributed by atoms with Crippen LogP contribution in [0.4, 0.5) is 0 Å². The van der Waals surface area contributed by atoms with Crippen LogP contribution in [-0.2, 0) is 38.1 Å². The first-order valence-electron chi connectivity index (χ1n) is 16.6. The van der Waals surface area contributed by atoms with Gasteiger partial charge in [-0.1, -0.05) is 19.8 Å². The largest absolute Gasteiger partial charge is 0.379 e. The number of unbranched alkanes of at least 4 members (excludes halogenated alkanes) is 2. The van der Waals surface area contributed by atoms with E-state index in [1.807, 2.05) is 0 Å². The van der Waals surface area contributed by atoms with E-state index in [1.165, 1.54) is 0 Å². The maximum absolute atomic E-state index is 12.7. The lowest BCUT2D eigenvalue weighted by Gasteiger charge is -2.18. The Hall–Kier alpha value is -1.71. The Morgan fingerprint density at radius 3 is 1.68 bits per heavy atom. The Kier molecular flexibility index (Phi) is 31.4. The molecule has 0 aromatic heterocycles. The van der Waals surface area contributed by atoms with E-state index in [-0.39, 0.29) is 24.0 Å². The van der Waals surface area contributed by atoms with Gasteiger partial charge in [0, 0.05) is 51.7 Å². The van der Waals surface area contributed by atoms with E-state index in [9.17, 15) is 14.4 Å². The minimum Gasteiger partial charge on any atom is -0.379 e. The fourth-order valence-corrected chi connectivity index (χ4v) is 4.12. The lowest BCUT2D eigenvalue weighted by molar-refractivity contribution is -0.130. The molecule has 2 amide bonds. The van der Waals surface area contributed by atoms with E-state index < -0.39 is 12.0 Å². The first-order valence-corrected chi connectivity index (χ1v) is 16.6. The molecule has 0 unspecified atom stereocenters. The number of hydrogen-bond donors (Lipinski definition) is 5. The molecular formula is C31H63N5O8. The maximum atomic E-state index is 12.7. The standard InChI is InChI=1S/C31H63N5O8/c1-2-16-40-20-23-43-19-11-30(38)35-14-7-17-41-21-24-44-25-22-42-18-8-15-36-31(39)27(9-3-5-12-32)26-29(37)28(34)10-4-6-13-33/h27-28H,2-26,32-34H2,1H3,(H,35,38)(H,36,39)/t27-,28+/m1/s1. The second-order valence-corrected chi connectivity index (χ2v) is 10.7. The third kappa shape index (κ3) is 27.8. The van der Waals surface area contributed by atoms with Gasteiger partial charge in [-0.05, 0) is 58.0 Å². The van der Waals surface area contributed by atoms with Crippen molar-refractivity contribution in [1.29, 1.82) is 0 Å². The molecular weight excluding hydrogens is 570 g/mol. The van der Waals surface area contributed by atoms with Gasteiger partial charge in [0.25, 0.3) is 0 Å². The third-order valence-electron chi connectivity index (χ3n) is 6.70. The van der Waals surface area contributed by atoms with E-state index >= 15 is 0 Å². The summed E-state index contributed by atoms with van der Waals surface area (Å²) in [6.07, 6.45) is 7.32. The van der Waals surface area contributed by atoms with Crippen molar-refractivity contribution in [3.8, 4) is 0 Å². The lowest BCUT2D eigenvalue weighted by atomic mass is 9.91. The van der Waals surface area contributed by atoms with Crippen LogP contribution in [0.25, 0.3) is 0 Å². The molecule has 0 saturated heterocycles. The second kappa shape index (κ2) is 32.7. The van der Waals surface area contributed by atoms with Crippen molar-refractivity contribution in [3.05, 3.63) is 0 Å². The number of carbonyl (C=O) groups is 3. The van der Waals surface area contributed by atoms with Crippen molar-refractivity contribution in [2.24, 2.45) is 23.1 Å². The van der Waals surface area contributed by atoms with Gasteiger partial charge in [-0.3, -0.25) is 14.4 Å². The summed E-state index contributed by atoms with van der Waals surface area (Å²) in [7, 11) is 0. The summed E-state index contributed by atoms with van der Waals surface area (Å²) < 4.78 is 27.3. The predicted molar refractivity (Wildman–Crippen MR) is 171 cm³/mol. The molecule has 8 N–H and O–H groups in total. The van der Waals surface area contributed by atoms with Crippen LogP contribution < -0.4 is 27.8 Å². The van der Waals surface area contributed by atoms with E-state index in [0.29, 0.717) is 111 Å². The average Bonchev–Trinajstić information content (AvgIpc) is 3.01. The molecule has 13 nitrogen and oxygen atoms in total. The van der Waals surface area contributed by atoms with Gasteiger partial charge in [-0.15, -0.1) is 0 Å². The Bertz CT molecular complexity index is 689. The Morgan fingerprint density at radius 2 is 1.11 bits per heavy atom. The molecule has 0 spiro atoms. The quantitative estimate of drug-likeness (QED) is 0.0634. The van der Waals surface area contributed by atoms with Crippen molar-refractivity contribution >= 4 is 17.6 Å². The van der Waals surface area contributed by atoms with Crippen LogP contribution in [0.2, 0.25) is 0 Å². The minimum atomic E-state index is -0.551. The van der Waals surface area contributed by atoms with Crippen LogP contribution in [-0.4, -0.2) is 116 Å². The fraction of sp³-hybridized carbons (Fsp3) is 0.903. The molecule has 44 heavy (non-hydrogen) atoms. The van der Waals surface area contributed by atoms with Gasteiger partial charge in [-0.25, -0.2) is 0 Å². The highest BCUT2D eigenvalue weighted by molar-refractivity contribution is 5.89. The number of carbonyl (C=O) groups excluding carboxylic acids is 3. The van der Waals surface area contributed by atoms with Crippen molar-refractivity contribution in [2.75, 3.05) is 92.2 Å². The number of amides is 2. The van der Waals surface area contributed by atoms with Crippen molar-refractivity contribution in [2.45, 2.75) is 83.6 Å². The van der Waals surface area contributed by atoms with E-state index in [2.05, 4.69) is 17.6 Å². The molecule has 260 valence electrons. The van der Waals surface area contributed by atoms with Crippen LogP contribution in [0.5, 0.6) is 0 Å². The summed E-state index contributed by atoms with van der Waals surface area (Å²) in [5.41, 5.74) is 17.1. The van der Waals surface area contributed by atoms with E-state index in [1.54, 1.807) is 0 Å². The number of ketones is 1. The van der Waals surface area contributed by atoms with Gasteiger partial charge >= 0.3 is 0 Å². The highest BCUT2D eigenvalue weighted by Gasteiger charge is 2.24. The summed E-state index contributed by atoms with van der Waals surface area (Å²) in [5, 5.41) is 5.78. The van der Waals surface area contributed by atoms with Crippen LogP contribution in [0, 0.1) is 5.92 Å². The summed E-state index contributed by atoms with van der Waals surface area (Å²) in [6, 6.07) is -0.551. The van der Waals surface area contributed by atoms with Crippen LogP contribution in [0.1, 0.15) is 77.6 Å². The molecule has 0 fully saturated rings. The minimum absolute atomic E-state index is 0.0327. The van der Waals surface area contributed by atoms with Gasteiger partial charge in [0.05, 0.1) is 52.3 Å².